The Labute approximate surface area is 183 Å². The van der Waals surface area contributed by atoms with Crippen molar-refractivity contribution >= 4 is 27.3 Å². The van der Waals surface area contributed by atoms with E-state index >= 15 is 0 Å². The van der Waals surface area contributed by atoms with Gasteiger partial charge in [-0.1, -0.05) is 36.8 Å². The van der Waals surface area contributed by atoms with Gasteiger partial charge in [-0.15, -0.1) is 11.3 Å². The first-order valence-corrected chi connectivity index (χ1v) is 12.9. The van der Waals surface area contributed by atoms with Crippen LogP contribution in [0.2, 0.25) is 0 Å². The quantitative estimate of drug-likeness (QED) is 0.505. The van der Waals surface area contributed by atoms with Crippen LogP contribution in [-0.2, 0) is 22.0 Å². The molecule has 2 aliphatic rings. The molecule has 0 radical (unpaired) electrons. The molecule has 0 amide bonds. The van der Waals surface area contributed by atoms with Gasteiger partial charge in [0.15, 0.2) is 5.96 Å². The molecule has 1 saturated heterocycles. The van der Waals surface area contributed by atoms with Crippen molar-refractivity contribution in [3.63, 3.8) is 0 Å². The van der Waals surface area contributed by atoms with Crippen LogP contribution in [-0.4, -0.2) is 45.4 Å². The Morgan fingerprint density at radius 3 is 2.47 bits per heavy atom. The molecule has 1 aliphatic carbocycles. The van der Waals surface area contributed by atoms with Crippen LogP contribution in [0.4, 0.5) is 0 Å². The Balaban J connectivity index is 1.32. The number of sulfonamides is 1. The van der Waals surface area contributed by atoms with Gasteiger partial charge in [-0.3, -0.25) is 4.99 Å². The van der Waals surface area contributed by atoms with Crippen LogP contribution in [0.15, 0.2) is 51.7 Å². The van der Waals surface area contributed by atoms with Crippen LogP contribution < -0.4 is 10.6 Å². The molecule has 2 aromatic rings. The van der Waals surface area contributed by atoms with E-state index in [1.165, 1.54) is 29.7 Å². The Kier molecular flexibility index (Phi) is 6.46. The molecular weight excluding hydrogens is 416 g/mol. The van der Waals surface area contributed by atoms with E-state index in [9.17, 15) is 8.42 Å². The molecule has 1 aromatic heterocycles. The molecule has 0 unspecified atom stereocenters. The highest BCUT2D eigenvalue weighted by Crippen LogP contribution is 2.47. The van der Waals surface area contributed by atoms with Crippen LogP contribution in [0.5, 0.6) is 0 Å². The maximum Gasteiger partial charge on any atom is 0.252 e. The van der Waals surface area contributed by atoms with Gasteiger partial charge in [0.05, 0.1) is 6.54 Å². The molecule has 1 aromatic carbocycles. The minimum absolute atomic E-state index is 0.206. The molecule has 4 rings (SSSR count). The summed E-state index contributed by atoms with van der Waals surface area (Å²) >= 11 is 1.34. The number of benzene rings is 1. The summed E-state index contributed by atoms with van der Waals surface area (Å²) in [7, 11) is -1.60. The van der Waals surface area contributed by atoms with Gasteiger partial charge in [0.2, 0.25) is 0 Å². The standard InChI is InChI=1S/C22H30N4O2S2/c1-23-21(25-17-22(12-13-22)18-8-4-2-5-9-18)24-16-19-10-11-20(29-19)30(27,28)26-14-6-3-7-15-26/h2,4-5,8-11H,3,6-7,12-17H2,1H3,(H2,23,24,25). The second-order valence-electron chi connectivity index (χ2n) is 8.11. The Morgan fingerprint density at radius 1 is 1.07 bits per heavy atom. The predicted molar refractivity (Wildman–Crippen MR) is 122 cm³/mol. The average molecular weight is 447 g/mol. The Hall–Kier alpha value is -1.90. The van der Waals surface area contributed by atoms with Crippen LogP contribution >= 0.6 is 11.3 Å². The van der Waals surface area contributed by atoms with Crippen molar-refractivity contribution in [2.24, 2.45) is 4.99 Å². The zero-order chi connectivity index (χ0) is 21.0. The summed E-state index contributed by atoms with van der Waals surface area (Å²) < 4.78 is 27.7. The molecule has 1 aliphatic heterocycles. The highest BCUT2D eigenvalue weighted by molar-refractivity contribution is 7.91. The van der Waals surface area contributed by atoms with Gasteiger partial charge in [-0.05, 0) is 43.4 Å². The van der Waals surface area contributed by atoms with Gasteiger partial charge >= 0.3 is 0 Å². The number of rotatable bonds is 7. The van der Waals surface area contributed by atoms with Gasteiger partial charge in [-0.2, -0.15) is 4.31 Å². The fourth-order valence-corrected chi connectivity index (χ4v) is 6.95. The van der Waals surface area contributed by atoms with E-state index in [1.807, 2.05) is 12.1 Å². The third-order valence-electron chi connectivity index (χ3n) is 6.03. The van der Waals surface area contributed by atoms with E-state index in [-0.39, 0.29) is 5.41 Å². The fraction of sp³-hybridized carbons (Fsp3) is 0.500. The number of nitrogens with zero attached hydrogens (tertiary/aromatic N) is 2. The molecule has 2 fully saturated rings. The van der Waals surface area contributed by atoms with E-state index < -0.39 is 10.0 Å². The van der Waals surface area contributed by atoms with Crippen LogP contribution in [0.3, 0.4) is 0 Å². The fourth-order valence-electron chi connectivity index (χ4n) is 3.98. The minimum atomic E-state index is -3.36. The number of thiophene rings is 1. The molecule has 0 bridgehead atoms. The molecule has 2 heterocycles. The van der Waals surface area contributed by atoms with E-state index in [2.05, 4.69) is 39.9 Å². The second kappa shape index (κ2) is 9.08. The summed E-state index contributed by atoms with van der Waals surface area (Å²) in [6, 6.07) is 14.3. The zero-order valence-corrected chi connectivity index (χ0v) is 19.1. The average Bonchev–Trinajstić information content (AvgIpc) is 3.43. The predicted octanol–water partition coefficient (Wildman–Crippen LogP) is 3.32. The highest BCUT2D eigenvalue weighted by Gasteiger charge is 2.44. The lowest BCUT2D eigenvalue weighted by Gasteiger charge is -2.25. The van der Waals surface area contributed by atoms with Gasteiger partial charge in [0, 0.05) is 37.0 Å². The topological polar surface area (TPSA) is 73.8 Å². The lowest BCUT2D eigenvalue weighted by Crippen LogP contribution is -2.40. The second-order valence-corrected chi connectivity index (χ2v) is 11.4. The summed E-state index contributed by atoms with van der Waals surface area (Å²) in [5.41, 5.74) is 1.58. The zero-order valence-electron chi connectivity index (χ0n) is 17.4. The van der Waals surface area contributed by atoms with Crippen LogP contribution in [0, 0.1) is 0 Å². The number of hydrogen-bond acceptors (Lipinski definition) is 4. The van der Waals surface area contributed by atoms with Crippen molar-refractivity contribution in [1.82, 2.24) is 14.9 Å². The van der Waals surface area contributed by atoms with Crippen molar-refractivity contribution in [1.29, 1.82) is 0 Å². The minimum Gasteiger partial charge on any atom is -0.356 e. The third kappa shape index (κ3) is 4.71. The van der Waals surface area contributed by atoms with Gasteiger partial charge in [0.25, 0.3) is 10.0 Å². The molecule has 162 valence electrons. The van der Waals surface area contributed by atoms with Crippen molar-refractivity contribution in [2.45, 2.75) is 48.3 Å². The maximum absolute atomic E-state index is 12.8. The van der Waals surface area contributed by atoms with E-state index in [0.717, 1.165) is 36.6 Å². The number of hydrogen-bond donors (Lipinski definition) is 2. The molecule has 6 nitrogen and oxygen atoms in total. The SMILES string of the molecule is CN=C(NCc1ccc(S(=O)(=O)N2CCCCC2)s1)NCC1(c2ccccc2)CC1. The number of aliphatic imine (C=N–C) groups is 1. The molecule has 1 saturated carbocycles. The van der Waals surface area contributed by atoms with Gasteiger partial charge in [-0.25, -0.2) is 8.42 Å². The van der Waals surface area contributed by atoms with Gasteiger partial charge in [0.1, 0.15) is 4.21 Å². The van der Waals surface area contributed by atoms with E-state index in [1.54, 1.807) is 17.4 Å². The van der Waals surface area contributed by atoms with Crippen molar-refractivity contribution in [3.05, 3.63) is 52.9 Å². The summed E-state index contributed by atoms with van der Waals surface area (Å²) in [6.07, 6.45) is 5.38. The molecule has 2 N–H and O–H groups in total. The normalized spacial score (nSPS) is 19.4. The monoisotopic (exact) mass is 446 g/mol. The summed E-state index contributed by atoms with van der Waals surface area (Å²) in [5, 5.41) is 6.77. The highest BCUT2D eigenvalue weighted by atomic mass is 32.2. The summed E-state index contributed by atoms with van der Waals surface area (Å²) in [6.45, 7) is 2.66. The smallest absolute Gasteiger partial charge is 0.252 e. The van der Waals surface area contributed by atoms with Crippen molar-refractivity contribution in [2.75, 3.05) is 26.7 Å². The first-order chi connectivity index (χ1) is 14.5. The van der Waals surface area contributed by atoms with Crippen molar-refractivity contribution < 1.29 is 8.42 Å². The largest absolute Gasteiger partial charge is 0.356 e. The van der Waals surface area contributed by atoms with Crippen molar-refractivity contribution in [3.8, 4) is 0 Å². The summed E-state index contributed by atoms with van der Waals surface area (Å²) in [4.78, 5) is 5.31. The maximum atomic E-state index is 12.8. The molecule has 0 atom stereocenters. The summed E-state index contributed by atoms with van der Waals surface area (Å²) in [5.74, 6) is 0.742. The first kappa shape index (κ1) is 21.3. The number of guanidine groups is 1. The van der Waals surface area contributed by atoms with E-state index in [0.29, 0.717) is 23.8 Å². The number of nitrogens with one attached hydrogen (secondary N) is 2. The molecule has 0 spiro atoms. The van der Waals surface area contributed by atoms with Crippen LogP contribution in [0.1, 0.15) is 42.5 Å². The lowest BCUT2D eigenvalue weighted by molar-refractivity contribution is 0.347. The molecule has 8 heteroatoms. The molecular formula is C22H30N4O2S2. The van der Waals surface area contributed by atoms with E-state index in [4.69, 9.17) is 0 Å². The third-order valence-corrected chi connectivity index (χ3v) is 9.49. The number of piperidine rings is 1. The lowest BCUT2D eigenvalue weighted by atomic mass is 9.96. The Bertz CT molecular complexity index is 976. The van der Waals surface area contributed by atoms with Crippen LogP contribution in [0.25, 0.3) is 0 Å². The Morgan fingerprint density at radius 2 is 1.80 bits per heavy atom. The first-order valence-electron chi connectivity index (χ1n) is 10.6. The van der Waals surface area contributed by atoms with Gasteiger partial charge < -0.3 is 10.6 Å². The molecule has 30 heavy (non-hydrogen) atoms.